The molecular formula is C14H19N3OS. The first kappa shape index (κ1) is 12.7. The van der Waals surface area contributed by atoms with Crippen molar-refractivity contribution in [3.05, 3.63) is 18.2 Å². The van der Waals surface area contributed by atoms with Crippen molar-refractivity contribution in [1.29, 1.82) is 0 Å². The minimum Gasteiger partial charge on any atom is -0.494 e. The van der Waals surface area contributed by atoms with E-state index in [4.69, 9.17) is 10.5 Å². The van der Waals surface area contributed by atoms with E-state index in [0.29, 0.717) is 11.9 Å². The summed E-state index contributed by atoms with van der Waals surface area (Å²) in [5, 5.41) is 0. The molecule has 19 heavy (non-hydrogen) atoms. The zero-order valence-corrected chi connectivity index (χ0v) is 11.9. The third-order valence-corrected chi connectivity index (χ3v) is 4.82. The number of nitrogens with two attached hydrogens (primary N) is 1. The topological polar surface area (TPSA) is 53.1 Å². The average Bonchev–Trinajstić information content (AvgIpc) is 2.76. The first-order valence-electron chi connectivity index (χ1n) is 6.66. The zero-order valence-electron chi connectivity index (χ0n) is 11.1. The molecule has 2 aromatic rings. The first-order chi connectivity index (χ1) is 9.29. The second-order valence-corrected chi connectivity index (χ2v) is 6.19. The molecule has 3 rings (SSSR count). The molecule has 0 aliphatic carbocycles. The van der Waals surface area contributed by atoms with Crippen molar-refractivity contribution in [2.24, 2.45) is 5.92 Å². The highest BCUT2D eigenvalue weighted by molar-refractivity contribution is 7.99. The lowest BCUT2D eigenvalue weighted by Crippen LogP contribution is -2.17. The molecule has 0 saturated carbocycles. The molecule has 2 N–H and O–H groups in total. The second-order valence-electron chi connectivity index (χ2n) is 4.96. The number of hydrogen-bond acceptors (Lipinski definition) is 4. The van der Waals surface area contributed by atoms with Crippen molar-refractivity contribution in [1.82, 2.24) is 9.55 Å². The number of fused-ring (bicyclic) bond motifs is 1. The van der Waals surface area contributed by atoms with Gasteiger partial charge in [0.1, 0.15) is 11.3 Å². The number of ether oxygens (including phenoxy) is 1. The van der Waals surface area contributed by atoms with E-state index in [2.05, 4.69) is 15.6 Å². The van der Waals surface area contributed by atoms with Gasteiger partial charge < -0.3 is 15.0 Å². The summed E-state index contributed by atoms with van der Waals surface area (Å²) in [5.74, 6) is 4.63. The monoisotopic (exact) mass is 277 g/mol. The first-order valence-corrected chi connectivity index (χ1v) is 7.81. The van der Waals surface area contributed by atoms with Crippen molar-refractivity contribution in [3.63, 3.8) is 0 Å². The maximum absolute atomic E-state index is 6.09. The van der Waals surface area contributed by atoms with E-state index in [1.807, 2.05) is 23.9 Å². The van der Waals surface area contributed by atoms with Crippen molar-refractivity contribution in [2.45, 2.75) is 19.4 Å². The molecule has 0 amide bonds. The molecule has 1 aliphatic heterocycles. The lowest BCUT2D eigenvalue weighted by atomic mass is 10.0. The molecule has 0 radical (unpaired) electrons. The van der Waals surface area contributed by atoms with Crippen LogP contribution in [0.2, 0.25) is 0 Å². The van der Waals surface area contributed by atoms with E-state index >= 15 is 0 Å². The van der Waals surface area contributed by atoms with Crippen LogP contribution < -0.4 is 10.5 Å². The maximum atomic E-state index is 6.09. The van der Waals surface area contributed by atoms with Crippen LogP contribution in [0.1, 0.15) is 12.8 Å². The third-order valence-electron chi connectivity index (χ3n) is 3.77. The third kappa shape index (κ3) is 2.39. The van der Waals surface area contributed by atoms with E-state index < -0.39 is 0 Å². The molecule has 0 spiro atoms. The van der Waals surface area contributed by atoms with Crippen molar-refractivity contribution in [2.75, 3.05) is 24.3 Å². The standard InChI is InChI=1S/C14H19N3OS/c1-18-12-4-2-3-11-13(12)16-14(15)17(11)9-10-5-7-19-8-6-10/h2-4,10H,5-9H2,1H3,(H2,15,16). The smallest absolute Gasteiger partial charge is 0.201 e. The van der Waals surface area contributed by atoms with Gasteiger partial charge in [-0.05, 0) is 42.4 Å². The molecule has 0 atom stereocenters. The summed E-state index contributed by atoms with van der Waals surface area (Å²) in [5.41, 5.74) is 8.03. The Morgan fingerprint density at radius 2 is 2.21 bits per heavy atom. The molecule has 1 aliphatic rings. The quantitative estimate of drug-likeness (QED) is 0.937. The van der Waals surface area contributed by atoms with Crippen LogP contribution in [0.3, 0.4) is 0 Å². The van der Waals surface area contributed by atoms with Crippen LogP contribution in [0.25, 0.3) is 11.0 Å². The summed E-state index contributed by atoms with van der Waals surface area (Å²) in [7, 11) is 1.67. The van der Waals surface area contributed by atoms with Gasteiger partial charge in [-0.3, -0.25) is 0 Å². The van der Waals surface area contributed by atoms with Gasteiger partial charge in [0.2, 0.25) is 5.95 Å². The number of anilines is 1. The molecule has 0 bridgehead atoms. The van der Waals surface area contributed by atoms with Gasteiger partial charge in [-0.2, -0.15) is 11.8 Å². The SMILES string of the molecule is COc1cccc2c1nc(N)n2CC1CCSCC1. The maximum Gasteiger partial charge on any atom is 0.201 e. The summed E-state index contributed by atoms with van der Waals surface area (Å²) >= 11 is 2.05. The fraction of sp³-hybridized carbons (Fsp3) is 0.500. The Labute approximate surface area is 117 Å². The number of benzene rings is 1. The number of thioether (sulfide) groups is 1. The van der Waals surface area contributed by atoms with Crippen molar-refractivity contribution < 1.29 is 4.74 Å². The molecule has 4 nitrogen and oxygen atoms in total. The Morgan fingerprint density at radius 1 is 1.42 bits per heavy atom. The number of para-hydroxylation sites is 1. The van der Waals surface area contributed by atoms with E-state index in [9.17, 15) is 0 Å². The summed E-state index contributed by atoms with van der Waals surface area (Å²) in [4.78, 5) is 4.46. The highest BCUT2D eigenvalue weighted by Crippen LogP contribution is 2.30. The van der Waals surface area contributed by atoms with Crippen LogP contribution in [0.15, 0.2) is 18.2 Å². The fourth-order valence-corrected chi connectivity index (χ4v) is 3.89. The predicted molar refractivity (Wildman–Crippen MR) is 80.7 cm³/mol. The minimum atomic E-state index is 0.595. The number of imidazole rings is 1. The lowest BCUT2D eigenvalue weighted by molar-refractivity contribution is 0.418. The number of methoxy groups -OCH3 is 1. The molecule has 2 heterocycles. The van der Waals surface area contributed by atoms with Gasteiger partial charge in [-0.15, -0.1) is 0 Å². The number of nitrogens with zero attached hydrogens (tertiary/aromatic N) is 2. The van der Waals surface area contributed by atoms with Crippen LogP contribution in [-0.2, 0) is 6.54 Å². The van der Waals surface area contributed by atoms with Gasteiger partial charge in [0.25, 0.3) is 0 Å². The fourth-order valence-electron chi connectivity index (χ4n) is 2.68. The van der Waals surface area contributed by atoms with Gasteiger partial charge in [0.15, 0.2) is 0 Å². The van der Waals surface area contributed by atoms with E-state index in [1.165, 1.54) is 24.3 Å². The van der Waals surface area contributed by atoms with Gasteiger partial charge >= 0.3 is 0 Å². The highest BCUT2D eigenvalue weighted by atomic mass is 32.2. The van der Waals surface area contributed by atoms with E-state index in [0.717, 1.165) is 23.3 Å². The van der Waals surface area contributed by atoms with Gasteiger partial charge in [-0.1, -0.05) is 6.07 Å². The summed E-state index contributed by atoms with van der Waals surface area (Å²) in [6.45, 7) is 0.968. The number of nitrogen functional groups attached to an aromatic ring is 1. The van der Waals surface area contributed by atoms with Crippen molar-refractivity contribution >= 4 is 28.7 Å². The summed E-state index contributed by atoms with van der Waals surface area (Å²) in [6, 6.07) is 5.99. The van der Waals surface area contributed by atoms with Crippen LogP contribution in [0.4, 0.5) is 5.95 Å². The van der Waals surface area contributed by atoms with Gasteiger partial charge in [-0.25, -0.2) is 4.98 Å². The second kappa shape index (κ2) is 5.33. The predicted octanol–water partition coefficient (Wildman–Crippen LogP) is 2.77. The van der Waals surface area contributed by atoms with E-state index in [1.54, 1.807) is 7.11 Å². The Morgan fingerprint density at radius 3 is 2.95 bits per heavy atom. The Hall–Kier alpha value is -1.36. The zero-order chi connectivity index (χ0) is 13.2. The Kier molecular flexibility index (Phi) is 3.55. The number of hydrogen-bond donors (Lipinski definition) is 1. The Bertz CT molecular complexity index is 575. The summed E-state index contributed by atoms with van der Waals surface area (Å²) < 4.78 is 7.49. The van der Waals surface area contributed by atoms with E-state index in [-0.39, 0.29) is 0 Å². The van der Waals surface area contributed by atoms with Crippen LogP contribution in [0, 0.1) is 5.92 Å². The molecule has 1 saturated heterocycles. The largest absolute Gasteiger partial charge is 0.494 e. The molecule has 102 valence electrons. The summed E-state index contributed by atoms with van der Waals surface area (Å²) in [6.07, 6.45) is 2.54. The molecular weight excluding hydrogens is 258 g/mol. The Balaban J connectivity index is 1.96. The average molecular weight is 277 g/mol. The van der Waals surface area contributed by atoms with Crippen LogP contribution in [0.5, 0.6) is 5.75 Å². The van der Waals surface area contributed by atoms with Crippen LogP contribution in [-0.4, -0.2) is 28.2 Å². The molecule has 1 aromatic carbocycles. The number of aromatic nitrogens is 2. The van der Waals surface area contributed by atoms with Crippen molar-refractivity contribution in [3.8, 4) is 5.75 Å². The van der Waals surface area contributed by atoms with Crippen LogP contribution >= 0.6 is 11.8 Å². The molecule has 1 aromatic heterocycles. The normalized spacial score (nSPS) is 16.9. The van der Waals surface area contributed by atoms with Gasteiger partial charge in [0, 0.05) is 6.54 Å². The lowest BCUT2D eigenvalue weighted by Gasteiger charge is -2.22. The highest BCUT2D eigenvalue weighted by Gasteiger charge is 2.18. The molecule has 1 fully saturated rings. The molecule has 0 unspecified atom stereocenters. The molecule has 5 heteroatoms. The van der Waals surface area contributed by atoms with Gasteiger partial charge in [0.05, 0.1) is 12.6 Å². The minimum absolute atomic E-state index is 0.595. The number of rotatable bonds is 3.